The lowest BCUT2D eigenvalue weighted by Gasteiger charge is -2.34. The number of likely N-dealkylation sites (N-methyl/N-ethyl adjacent to an activating group) is 1. The molecule has 16 heavy (non-hydrogen) atoms. The summed E-state index contributed by atoms with van der Waals surface area (Å²) in [4.78, 5) is 27.7. The van der Waals surface area contributed by atoms with Gasteiger partial charge in [-0.2, -0.15) is 0 Å². The molecule has 92 valence electrons. The third-order valence-electron chi connectivity index (χ3n) is 2.76. The van der Waals surface area contributed by atoms with Crippen LogP contribution in [0.2, 0.25) is 0 Å². The molecule has 0 radical (unpaired) electrons. The topological polar surface area (TPSA) is 64.1 Å². The highest BCUT2D eigenvalue weighted by Gasteiger charge is 2.21. The Kier molecular flexibility index (Phi) is 4.54. The van der Waals surface area contributed by atoms with Crippen molar-refractivity contribution in [3.8, 4) is 0 Å². The standard InChI is InChI=1S/C10H19N3O3/c1-11-5-7-13(8-6-11)10(16)12(2)4-3-9(14)15/h3-8H2,1-2H3,(H,14,15). The van der Waals surface area contributed by atoms with Gasteiger partial charge in [-0.05, 0) is 7.05 Å². The summed E-state index contributed by atoms with van der Waals surface area (Å²) in [6.07, 6.45) is -0.00399. The fourth-order valence-corrected chi connectivity index (χ4v) is 1.60. The minimum Gasteiger partial charge on any atom is -0.481 e. The molecule has 1 fully saturated rings. The number of carboxylic acids is 1. The molecule has 0 aromatic rings. The van der Waals surface area contributed by atoms with Crippen LogP contribution in [0.5, 0.6) is 0 Å². The largest absolute Gasteiger partial charge is 0.481 e. The van der Waals surface area contributed by atoms with Crippen molar-refractivity contribution in [2.75, 3.05) is 46.8 Å². The molecule has 6 nitrogen and oxygen atoms in total. The summed E-state index contributed by atoms with van der Waals surface area (Å²) in [5, 5.41) is 8.53. The van der Waals surface area contributed by atoms with Gasteiger partial charge in [0.25, 0.3) is 0 Å². The van der Waals surface area contributed by atoms with Crippen LogP contribution in [0.1, 0.15) is 6.42 Å². The molecule has 0 aromatic heterocycles. The van der Waals surface area contributed by atoms with Gasteiger partial charge in [0.05, 0.1) is 6.42 Å². The average Bonchev–Trinajstić information content (AvgIpc) is 2.26. The monoisotopic (exact) mass is 229 g/mol. The van der Waals surface area contributed by atoms with Crippen LogP contribution >= 0.6 is 0 Å². The van der Waals surface area contributed by atoms with Crippen molar-refractivity contribution in [3.63, 3.8) is 0 Å². The lowest BCUT2D eigenvalue weighted by Crippen LogP contribution is -2.51. The predicted molar refractivity (Wildman–Crippen MR) is 59.3 cm³/mol. The summed E-state index contributed by atoms with van der Waals surface area (Å²) in [5.41, 5.74) is 0. The van der Waals surface area contributed by atoms with E-state index in [1.54, 1.807) is 11.9 Å². The summed E-state index contributed by atoms with van der Waals surface area (Å²) in [7, 11) is 3.67. The van der Waals surface area contributed by atoms with E-state index < -0.39 is 5.97 Å². The van der Waals surface area contributed by atoms with Crippen molar-refractivity contribution in [2.24, 2.45) is 0 Å². The second-order valence-corrected chi connectivity index (χ2v) is 4.14. The molecule has 1 heterocycles. The fourth-order valence-electron chi connectivity index (χ4n) is 1.60. The van der Waals surface area contributed by atoms with Crippen LogP contribution in [-0.4, -0.2) is 78.6 Å². The smallest absolute Gasteiger partial charge is 0.319 e. The Labute approximate surface area is 95.4 Å². The van der Waals surface area contributed by atoms with Crippen LogP contribution in [0.25, 0.3) is 0 Å². The first-order valence-electron chi connectivity index (χ1n) is 5.41. The zero-order valence-corrected chi connectivity index (χ0v) is 9.85. The first-order valence-corrected chi connectivity index (χ1v) is 5.41. The summed E-state index contributed by atoms with van der Waals surface area (Å²) < 4.78 is 0. The van der Waals surface area contributed by atoms with E-state index in [1.807, 2.05) is 7.05 Å². The minimum absolute atomic E-state index is 0.00399. The number of aliphatic carboxylic acids is 1. The molecule has 0 aliphatic carbocycles. The van der Waals surface area contributed by atoms with E-state index in [-0.39, 0.29) is 19.0 Å². The van der Waals surface area contributed by atoms with Crippen molar-refractivity contribution in [2.45, 2.75) is 6.42 Å². The molecule has 0 aromatic carbocycles. The molecule has 0 bridgehead atoms. The van der Waals surface area contributed by atoms with Crippen LogP contribution in [0.15, 0.2) is 0 Å². The number of hydrogen-bond acceptors (Lipinski definition) is 3. The van der Waals surface area contributed by atoms with E-state index in [9.17, 15) is 9.59 Å². The fraction of sp³-hybridized carbons (Fsp3) is 0.800. The third-order valence-corrected chi connectivity index (χ3v) is 2.76. The number of rotatable bonds is 3. The van der Waals surface area contributed by atoms with E-state index in [1.165, 1.54) is 4.90 Å². The number of carbonyl (C=O) groups excluding carboxylic acids is 1. The van der Waals surface area contributed by atoms with Crippen molar-refractivity contribution < 1.29 is 14.7 Å². The highest BCUT2D eigenvalue weighted by atomic mass is 16.4. The number of hydrogen-bond donors (Lipinski definition) is 1. The predicted octanol–water partition coefficient (Wildman–Crippen LogP) is -0.240. The SMILES string of the molecule is CN1CCN(C(=O)N(C)CCC(=O)O)CC1. The summed E-state index contributed by atoms with van der Waals surface area (Å²) >= 11 is 0. The van der Waals surface area contributed by atoms with Crippen molar-refractivity contribution in [1.82, 2.24) is 14.7 Å². The molecule has 0 atom stereocenters. The van der Waals surface area contributed by atoms with E-state index in [0.29, 0.717) is 13.1 Å². The van der Waals surface area contributed by atoms with Crippen LogP contribution in [0.3, 0.4) is 0 Å². The summed E-state index contributed by atoms with van der Waals surface area (Å²) in [6, 6.07) is -0.0747. The lowest BCUT2D eigenvalue weighted by atomic mass is 10.3. The molecule has 0 saturated carbocycles. The maximum atomic E-state index is 11.9. The maximum absolute atomic E-state index is 11.9. The van der Waals surface area contributed by atoms with E-state index in [0.717, 1.165) is 13.1 Å². The van der Waals surface area contributed by atoms with Gasteiger partial charge in [-0.3, -0.25) is 4.79 Å². The van der Waals surface area contributed by atoms with Crippen molar-refractivity contribution >= 4 is 12.0 Å². The number of carboxylic acid groups (broad SMARTS) is 1. The van der Waals surface area contributed by atoms with E-state index >= 15 is 0 Å². The molecule has 1 rings (SSSR count). The van der Waals surface area contributed by atoms with Gasteiger partial charge in [-0.15, -0.1) is 0 Å². The summed E-state index contributed by atoms with van der Waals surface area (Å²) in [5.74, 6) is -0.877. The van der Waals surface area contributed by atoms with Crippen molar-refractivity contribution in [1.29, 1.82) is 0 Å². The minimum atomic E-state index is -0.877. The third kappa shape index (κ3) is 3.69. The Morgan fingerprint density at radius 1 is 1.25 bits per heavy atom. The Balaban J connectivity index is 2.35. The molecule has 1 aliphatic rings. The first kappa shape index (κ1) is 12.8. The highest BCUT2D eigenvalue weighted by Crippen LogP contribution is 2.03. The molecule has 1 N–H and O–H groups in total. The number of amides is 2. The Bertz CT molecular complexity index is 262. The van der Waals surface area contributed by atoms with Gasteiger partial charge in [0, 0.05) is 39.8 Å². The van der Waals surface area contributed by atoms with Crippen LogP contribution < -0.4 is 0 Å². The van der Waals surface area contributed by atoms with Crippen molar-refractivity contribution in [3.05, 3.63) is 0 Å². The Hall–Kier alpha value is -1.30. The van der Waals surface area contributed by atoms with Gasteiger partial charge in [-0.25, -0.2) is 4.79 Å². The Morgan fingerprint density at radius 2 is 1.81 bits per heavy atom. The van der Waals surface area contributed by atoms with E-state index in [4.69, 9.17) is 5.11 Å². The van der Waals surface area contributed by atoms with Gasteiger partial charge < -0.3 is 19.8 Å². The highest BCUT2D eigenvalue weighted by molar-refractivity contribution is 5.75. The second kappa shape index (κ2) is 5.69. The van der Waals surface area contributed by atoms with Gasteiger partial charge in [0.1, 0.15) is 0 Å². The maximum Gasteiger partial charge on any atom is 0.319 e. The van der Waals surface area contributed by atoms with Crippen LogP contribution in [0.4, 0.5) is 4.79 Å². The Morgan fingerprint density at radius 3 is 2.31 bits per heavy atom. The molecule has 2 amide bonds. The normalized spacial score (nSPS) is 17.2. The van der Waals surface area contributed by atoms with Gasteiger partial charge in [-0.1, -0.05) is 0 Å². The summed E-state index contributed by atoms with van der Waals surface area (Å²) in [6.45, 7) is 3.44. The molecule has 6 heteroatoms. The molecule has 0 unspecified atom stereocenters. The van der Waals surface area contributed by atoms with E-state index in [2.05, 4.69) is 4.90 Å². The number of urea groups is 1. The zero-order valence-electron chi connectivity index (χ0n) is 9.85. The molecular formula is C10H19N3O3. The molecule has 1 aliphatic heterocycles. The second-order valence-electron chi connectivity index (χ2n) is 4.14. The zero-order chi connectivity index (χ0) is 12.1. The first-order chi connectivity index (χ1) is 7.50. The molecule has 1 saturated heterocycles. The average molecular weight is 229 g/mol. The van der Waals surface area contributed by atoms with Crippen LogP contribution in [-0.2, 0) is 4.79 Å². The van der Waals surface area contributed by atoms with Gasteiger partial charge >= 0.3 is 12.0 Å². The number of carbonyl (C=O) groups is 2. The molecular weight excluding hydrogens is 210 g/mol. The van der Waals surface area contributed by atoms with Gasteiger partial charge in [0.2, 0.25) is 0 Å². The lowest BCUT2D eigenvalue weighted by molar-refractivity contribution is -0.137. The van der Waals surface area contributed by atoms with Gasteiger partial charge in [0.15, 0.2) is 0 Å². The molecule has 0 spiro atoms. The van der Waals surface area contributed by atoms with Crippen LogP contribution in [0, 0.1) is 0 Å². The quantitative estimate of drug-likeness (QED) is 0.725. The number of piperazine rings is 1. The number of nitrogens with zero attached hydrogens (tertiary/aromatic N) is 3.